The van der Waals surface area contributed by atoms with Gasteiger partial charge in [-0.15, -0.1) is 0 Å². The molecule has 0 aliphatic rings. The lowest BCUT2D eigenvalue weighted by atomic mass is 9.82. The van der Waals surface area contributed by atoms with E-state index in [4.69, 9.17) is 14.5 Å². The van der Waals surface area contributed by atoms with E-state index in [0.717, 1.165) is 39.9 Å². The molecular formula is C33H35N3O3. The minimum atomic E-state index is -0.439. The lowest BCUT2D eigenvalue weighted by Crippen LogP contribution is -2.36. The third kappa shape index (κ3) is 5.75. The Morgan fingerprint density at radius 3 is 2.36 bits per heavy atom. The van der Waals surface area contributed by atoms with Crippen molar-refractivity contribution in [3.63, 3.8) is 0 Å². The quantitative estimate of drug-likeness (QED) is 0.174. The summed E-state index contributed by atoms with van der Waals surface area (Å²) in [5.74, 6) is 1.28. The van der Waals surface area contributed by atoms with Crippen LogP contribution in [-0.2, 0) is 0 Å². The van der Waals surface area contributed by atoms with Crippen molar-refractivity contribution in [2.75, 3.05) is 12.4 Å². The molecule has 39 heavy (non-hydrogen) atoms. The predicted octanol–water partition coefficient (Wildman–Crippen LogP) is 8.01. The molecule has 5 rings (SSSR count). The largest absolute Gasteiger partial charge is 0.493 e. The van der Waals surface area contributed by atoms with E-state index in [9.17, 15) is 4.79 Å². The van der Waals surface area contributed by atoms with Crippen molar-refractivity contribution in [3.05, 3.63) is 90.6 Å². The first-order valence-electron chi connectivity index (χ1n) is 13.2. The van der Waals surface area contributed by atoms with E-state index in [0.29, 0.717) is 17.1 Å². The maximum atomic E-state index is 13.0. The van der Waals surface area contributed by atoms with Crippen LogP contribution in [-0.4, -0.2) is 28.0 Å². The number of nitrogens with one attached hydrogen (secondary N) is 1. The fourth-order valence-electron chi connectivity index (χ4n) is 5.38. The molecule has 0 saturated heterocycles. The van der Waals surface area contributed by atoms with Crippen molar-refractivity contribution >= 4 is 28.2 Å². The Bertz CT molecular complexity index is 1660. The normalized spacial score (nSPS) is 12.1. The Labute approximate surface area is 229 Å². The van der Waals surface area contributed by atoms with Crippen LogP contribution in [0.3, 0.4) is 0 Å². The second-order valence-corrected chi connectivity index (χ2v) is 11.8. The summed E-state index contributed by atoms with van der Waals surface area (Å²) in [6.45, 7) is 11.2. The summed E-state index contributed by atoms with van der Waals surface area (Å²) in [4.78, 5) is 18.0. The molecule has 200 valence electrons. The van der Waals surface area contributed by atoms with Crippen LogP contribution in [0.2, 0.25) is 0 Å². The van der Waals surface area contributed by atoms with Gasteiger partial charge in [0.1, 0.15) is 17.2 Å². The molecule has 6 heteroatoms. The number of anilines is 1. The predicted molar refractivity (Wildman–Crippen MR) is 158 cm³/mol. The number of rotatable bonds is 7. The van der Waals surface area contributed by atoms with Crippen LogP contribution >= 0.6 is 0 Å². The van der Waals surface area contributed by atoms with Crippen molar-refractivity contribution in [1.82, 2.24) is 9.38 Å². The summed E-state index contributed by atoms with van der Waals surface area (Å²) >= 11 is 0. The Morgan fingerprint density at radius 1 is 0.872 bits per heavy atom. The Hall–Kier alpha value is -4.32. The van der Waals surface area contributed by atoms with Crippen LogP contribution in [0.25, 0.3) is 27.7 Å². The van der Waals surface area contributed by atoms with Gasteiger partial charge in [0.05, 0.1) is 12.7 Å². The van der Waals surface area contributed by atoms with Crippen LogP contribution in [0.5, 0.6) is 11.5 Å². The minimum Gasteiger partial charge on any atom is -0.493 e. The van der Waals surface area contributed by atoms with Gasteiger partial charge in [-0.1, -0.05) is 57.2 Å². The monoisotopic (exact) mass is 521 g/mol. The molecule has 1 N–H and O–H groups in total. The van der Waals surface area contributed by atoms with Crippen molar-refractivity contribution in [2.24, 2.45) is 5.41 Å². The fourth-order valence-corrected chi connectivity index (χ4v) is 5.38. The van der Waals surface area contributed by atoms with Gasteiger partial charge in [0.2, 0.25) is 0 Å². The van der Waals surface area contributed by atoms with Gasteiger partial charge in [0, 0.05) is 17.3 Å². The van der Waals surface area contributed by atoms with Crippen LogP contribution in [0, 0.1) is 5.41 Å². The Morgan fingerprint density at radius 2 is 1.62 bits per heavy atom. The molecule has 0 saturated carbocycles. The summed E-state index contributed by atoms with van der Waals surface area (Å²) in [5.41, 5.74) is 2.94. The molecule has 0 fully saturated rings. The number of hydrogen-bond donors (Lipinski definition) is 1. The third-order valence-corrected chi connectivity index (χ3v) is 6.58. The standard InChI is InChI=1S/C33H35N3O3/c1-32(2,3)21-33(4,5)35-30-29(34-28-13-9-10-18-36(28)30)24-16-17-26(27(20-24)38-6)39-31(37)25-15-14-22-11-7-8-12-23(22)19-25/h7-20,35H,21H2,1-6H3. The van der Waals surface area contributed by atoms with E-state index in [1.807, 2.05) is 72.9 Å². The number of esters is 1. The van der Waals surface area contributed by atoms with Gasteiger partial charge < -0.3 is 14.8 Å². The zero-order chi connectivity index (χ0) is 27.8. The minimum absolute atomic E-state index is 0.150. The first-order chi connectivity index (χ1) is 18.5. The van der Waals surface area contributed by atoms with Crippen LogP contribution < -0.4 is 14.8 Å². The molecule has 6 nitrogen and oxygen atoms in total. The topological polar surface area (TPSA) is 64.9 Å². The third-order valence-electron chi connectivity index (χ3n) is 6.58. The van der Waals surface area contributed by atoms with Crippen LogP contribution in [0.15, 0.2) is 85.1 Å². The van der Waals surface area contributed by atoms with Gasteiger partial charge in [-0.25, -0.2) is 9.78 Å². The second kappa shape index (κ2) is 10.1. The number of ether oxygens (including phenoxy) is 2. The van der Waals surface area contributed by atoms with E-state index in [-0.39, 0.29) is 11.0 Å². The summed E-state index contributed by atoms with van der Waals surface area (Å²) in [6, 6.07) is 25.0. The number of pyridine rings is 1. The molecule has 0 aliphatic carbocycles. The van der Waals surface area contributed by atoms with Gasteiger partial charge in [0.25, 0.3) is 0 Å². The lowest BCUT2D eigenvalue weighted by molar-refractivity contribution is 0.0730. The number of imidazole rings is 1. The lowest BCUT2D eigenvalue weighted by Gasteiger charge is -2.34. The molecule has 5 aromatic rings. The van der Waals surface area contributed by atoms with Crippen molar-refractivity contribution in [3.8, 4) is 22.8 Å². The summed E-state index contributed by atoms with van der Waals surface area (Å²) in [5, 5.41) is 5.81. The number of nitrogens with zero attached hydrogens (tertiary/aromatic N) is 2. The van der Waals surface area contributed by atoms with E-state index >= 15 is 0 Å². The van der Waals surface area contributed by atoms with Gasteiger partial charge in [-0.2, -0.15) is 0 Å². The van der Waals surface area contributed by atoms with E-state index in [2.05, 4.69) is 44.3 Å². The van der Waals surface area contributed by atoms with Gasteiger partial charge in [-0.3, -0.25) is 4.40 Å². The van der Waals surface area contributed by atoms with E-state index in [1.165, 1.54) is 0 Å². The average Bonchev–Trinajstić information content (AvgIpc) is 3.24. The first kappa shape index (κ1) is 26.3. The number of hydrogen-bond acceptors (Lipinski definition) is 5. The van der Waals surface area contributed by atoms with Crippen LogP contribution in [0.4, 0.5) is 5.82 Å². The molecule has 0 amide bonds. The van der Waals surface area contributed by atoms with Crippen molar-refractivity contribution in [2.45, 2.75) is 46.6 Å². The smallest absolute Gasteiger partial charge is 0.343 e. The first-order valence-corrected chi connectivity index (χ1v) is 13.2. The molecule has 2 heterocycles. The van der Waals surface area contributed by atoms with Gasteiger partial charge in [0.15, 0.2) is 11.5 Å². The highest BCUT2D eigenvalue weighted by Gasteiger charge is 2.28. The fraction of sp³-hybridized carbons (Fsp3) is 0.273. The molecule has 2 aromatic heterocycles. The SMILES string of the molecule is COc1cc(-c2nc3ccccn3c2NC(C)(C)CC(C)(C)C)ccc1OC(=O)c1ccc2ccccc2c1. The molecule has 0 bridgehead atoms. The highest BCUT2D eigenvalue weighted by molar-refractivity contribution is 5.96. The molecule has 0 spiro atoms. The van der Waals surface area contributed by atoms with Crippen molar-refractivity contribution in [1.29, 1.82) is 0 Å². The average molecular weight is 522 g/mol. The molecule has 0 atom stereocenters. The molecule has 0 aliphatic heterocycles. The second-order valence-electron chi connectivity index (χ2n) is 11.8. The summed E-state index contributed by atoms with van der Waals surface area (Å²) < 4.78 is 13.5. The number of carbonyl (C=O) groups is 1. The summed E-state index contributed by atoms with van der Waals surface area (Å²) in [7, 11) is 1.57. The maximum Gasteiger partial charge on any atom is 0.343 e. The highest BCUT2D eigenvalue weighted by Crippen LogP contribution is 2.38. The zero-order valence-electron chi connectivity index (χ0n) is 23.4. The number of fused-ring (bicyclic) bond motifs is 2. The molecule has 0 unspecified atom stereocenters. The molecular weight excluding hydrogens is 486 g/mol. The highest BCUT2D eigenvalue weighted by atomic mass is 16.6. The van der Waals surface area contributed by atoms with Crippen LogP contribution in [0.1, 0.15) is 51.4 Å². The maximum absolute atomic E-state index is 13.0. The van der Waals surface area contributed by atoms with E-state index in [1.54, 1.807) is 19.2 Å². The summed E-state index contributed by atoms with van der Waals surface area (Å²) in [6.07, 6.45) is 2.98. The van der Waals surface area contributed by atoms with Gasteiger partial charge in [-0.05, 0) is 78.9 Å². The number of methoxy groups -OCH3 is 1. The molecule has 0 radical (unpaired) electrons. The molecule has 3 aromatic carbocycles. The van der Waals surface area contributed by atoms with E-state index < -0.39 is 5.97 Å². The van der Waals surface area contributed by atoms with Crippen molar-refractivity contribution < 1.29 is 14.3 Å². The van der Waals surface area contributed by atoms with Gasteiger partial charge >= 0.3 is 5.97 Å². The zero-order valence-corrected chi connectivity index (χ0v) is 23.4. The number of aromatic nitrogens is 2. The number of carbonyl (C=O) groups excluding carboxylic acids is 1. The Balaban J connectivity index is 1.48. The Kier molecular flexibility index (Phi) is 6.81. The number of benzene rings is 3.